The van der Waals surface area contributed by atoms with Crippen molar-refractivity contribution in [3.63, 3.8) is 0 Å². The number of halogens is 1. The van der Waals surface area contributed by atoms with Gasteiger partial charge in [-0.1, -0.05) is 23.7 Å². The molecule has 2 aromatic carbocycles. The lowest BCUT2D eigenvalue weighted by Gasteiger charge is -2.29. The number of amides is 3. The highest BCUT2D eigenvalue weighted by molar-refractivity contribution is 7.92. The van der Waals surface area contributed by atoms with Gasteiger partial charge in [0, 0.05) is 17.1 Å². The zero-order chi connectivity index (χ0) is 23.3. The number of urea groups is 1. The number of nitrogens with one attached hydrogen (secondary N) is 1. The fourth-order valence-corrected chi connectivity index (χ4v) is 5.26. The van der Waals surface area contributed by atoms with E-state index < -0.39 is 39.8 Å². The highest BCUT2D eigenvalue weighted by atomic mass is 35.5. The highest BCUT2D eigenvalue weighted by Gasteiger charge is 2.49. The maximum absolute atomic E-state index is 13.1. The quantitative estimate of drug-likeness (QED) is 0.529. The van der Waals surface area contributed by atoms with Gasteiger partial charge in [0.1, 0.15) is 5.54 Å². The van der Waals surface area contributed by atoms with Crippen LogP contribution in [-0.2, 0) is 26.8 Å². The molecule has 8 nitrogen and oxygen atoms in total. The Morgan fingerprint density at radius 2 is 1.84 bits per heavy atom. The second-order valence-electron chi connectivity index (χ2n) is 8.16. The van der Waals surface area contributed by atoms with Crippen LogP contribution in [0, 0.1) is 0 Å². The zero-order valence-corrected chi connectivity index (χ0v) is 19.2. The van der Waals surface area contributed by atoms with Crippen LogP contribution in [0.25, 0.3) is 0 Å². The first kappa shape index (κ1) is 22.3. The molecular weight excluding hydrogens is 454 g/mol. The molecule has 0 saturated carbocycles. The molecule has 32 heavy (non-hydrogen) atoms. The Bertz CT molecular complexity index is 1230. The standard InChI is InChI=1S/C22H22ClN3O5S/c1-22(16-6-8-17(23)9-7-16)20(28)25(21(29)24-22)13-19(27)15-5-10-18-14(12-15)4-3-11-26(18)32(2,30)31/h5-10,12H,3-4,11,13H2,1-2H3,(H,24,29)/t22-/m1/s1. The Kier molecular flexibility index (Phi) is 5.50. The number of ketones is 1. The number of sulfonamides is 1. The van der Waals surface area contributed by atoms with Gasteiger partial charge in [0.25, 0.3) is 5.91 Å². The minimum Gasteiger partial charge on any atom is -0.319 e. The predicted molar refractivity (Wildman–Crippen MR) is 120 cm³/mol. The van der Waals surface area contributed by atoms with Crippen molar-refractivity contribution in [2.45, 2.75) is 25.3 Å². The molecule has 2 aliphatic heterocycles. The largest absolute Gasteiger partial charge is 0.325 e. The van der Waals surface area contributed by atoms with Crippen molar-refractivity contribution in [2.75, 3.05) is 23.7 Å². The maximum atomic E-state index is 13.1. The van der Waals surface area contributed by atoms with Crippen molar-refractivity contribution >= 4 is 45.0 Å². The molecule has 1 atom stereocenters. The van der Waals surface area contributed by atoms with E-state index in [1.807, 2.05) is 0 Å². The van der Waals surface area contributed by atoms with Gasteiger partial charge in [0.15, 0.2) is 5.78 Å². The maximum Gasteiger partial charge on any atom is 0.325 e. The number of imide groups is 1. The molecule has 168 valence electrons. The Morgan fingerprint density at radius 1 is 1.16 bits per heavy atom. The van der Waals surface area contributed by atoms with Gasteiger partial charge in [-0.05, 0) is 61.2 Å². The SMILES string of the molecule is C[C@]1(c2ccc(Cl)cc2)NC(=O)N(CC(=O)c2ccc3c(c2)CCCN3S(C)(=O)=O)C1=O. The summed E-state index contributed by atoms with van der Waals surface area (Å²) in [6.45, 7) is 1.56. The summed E-state index contributed by atoms with van der Waals surface area (Å²) in [6, 6.07) is 10.7. The Balaban J connectivity index is 1.56. The molecule has 0 radical (unpaired) electrons. The third-order valence-electron chi connectivity index (χ3n) is 5.88. The van der Waals surface area contributed by atoms with E-state index in [2.05, 4.69) is 5.32 Å². The Hall–Kier alpha value is -2.91. The summed E-state index contributed by atoms with van der Waals surface area (Å²) in [7, 11) is -3.41. The van der Waals surface area contributed by atoms with Crippen LogP contribution >= 0.6 is 11.6 Å². The van der Waals surface area contributed by atoms with Crippen molar-refractivity contribution in [3.8, 4) is 0 Å². The summed E-state index contributed by atoms with van der Waals surface area (Å²) < 4.78 is 25.4. The van der Waals surface area contributed by atoms with Crippen LogP contribution in [-0.4, -0.2) is 50.4 Å². The second-order valence-corrected chi connectivity index (χ2v) is 10.5. The van der Waals surface area contributed by atoms with Gasteiger partial charge in [-0.2, -0.15) is 0 Å². The van der Waals surface area contributed by atoms with Gasteiger partial charge < -0.3 is 5.32 Å². The van der Waals surface area contributed by atoms with E-state index >= 15 is 0 Å². The zero-order valence-electron chi connectivity index (χ0n) is 17.6. The third kappa shape index (κ3) is 3.86. The van der Waals surface area contributed by atoms with E-state index in [-0.39, 0.29) is 0 Å². The number of rotatable bonds is 5. The minimum absolute atomic E-state index is 0.319. The van der Waals surface area contributed by atoms with Crippen LogP contribution in [0.2, 0.25) is 5.02 Å². The fraction of sp³-hybridized carbons (Fsp3) is 0.318. The van der Waals surface area contributed by atoms with Crippen LogP contribution in [0.4, 0.5) is 10.5 Å². The first-order chi connectivity index (χ1) is 15.0. The Labute approximate surface area is 191 Å². The van der Waals surface area contributed by atoms with Crippen LogP contribution in [0.3, 0.4) is 0 Å². The van der Waals surface area contributed by atoms with Crippen LogP contribution < -0.4 is 9.62 Å². The number of fused-ring (bicyclic) bond motifs is 1. The number of aryl methyl sites for hydroxylation is 1. The molecule has 0 aromatic heterocycles. The molecule has 0 unspecified atom stereocenters. The van der Waals surface area contributed by atoms with Crippen LogP contribution in [0.1, 0.15) is 34.8 Å². The van der Waals surface area contributed by atoms with Crippen molar-refractivity contribution in [2.24, 2.45) is 0 Å². The molecular formula is C22H22ClN3O5S. The second kappa shape index (κ2) is 7.90. The van der Waals surface area contributed by atoms with Crippen molar-refractivity contribution < 1.29 is 22.8 Å². The minimum atomic E-state index is -3.41. The lowest BCUT2D eigenvalue weighted by Crippen LogP contribution is -2.41. The lowest BCUT2D eigenvalue weighted by atomic mass is 9.92. The number of hydrogen-bond acceptors (Lipinski definition) is 5. The molecule has 0 aliphatic carbocycles. The normalized spacial score (nSPS) is 20.8. The molecule has 2 aliphatic rings. The monoisotopic (exact) mass is 475 g/mol. The summed E-state index contributed by atoms with van der Waals surface area (Å²) in [5, 5.41) is 3.17. The van der Waals surface area contributed by atoms with Crippen molar-refractivity contribution in [1.29, 1.82) is 0 Å². The van der Waals surface area contributed by atoms with E-state index in [1.165, 1.54) is 10.4 Å². The first-order valence-corrected chi connectivity index (χ1v) is 12.3. The van der Waals surface area contributed by atoms with E-state index in [0.29, 0.717) is 41.2 Å². The Morgan fingerprint density at radius 3 is 2.50 bits per heavy atom. The van der Waals surface area contributed by atoms with Crippen molar-refractivity contribution in [3.05, 3.63) is 64.2 Å². The van der Waals surface area contributed by atoms with E-state index in [0.717, 1.165) is 16.7 Å². The van der Waals surface area contributed by atoms with Crippen molar-refractivity contribution in [1.82, 2.24) is 10.2 Å². The third-order valence-corrected chi connectivity index (χ3v) is 7.31. The summed E-state index contributed by atoms with van der Waals surface area (Å²) >= 11 is 5.91. The number of nitrogens with zero attached hydrogens (tertiary/aromatic N) is 2. The van der Waals surface area contributed by atoms with Gasteiger partial charge in [-0.15, -0.1) is 0 Å². The molecule has 1 fully saturated rings. The number of carbonyl (C=O) groups excluding carboxylic acids is 3. The molecule has 0 spiro atoms. The van der Waals surface area contributed by atoms with Gasteiger partial charge in [0.05, 0.1) is 18.5 Å². The smallest absolute Gasteiger partial charge is 0.319 e. The van der Waals surface area contributed by atoms with E-state index in [1.54, 1.807) is 43.3 Å². The van der Waals surface area contributed by atoms with Crippen LogP contribution in [0.15, 0.2) is 42.5 Å². The summed E-state index contributed by atoms with van der Waals surface area (Å²) in [4.78, 5) is 39.4. The highest BCUT2D eigenvalue weighted by Crippen LogP contribution is 2.32. The molecule has 0 bridgehead atoms. The van der Waals surface area contributed by atoms with Gasteiger partial charge in [0.2, 0.25) is 10.0 Å². The van der Waals surface area contributed by atoms with Crippen LogP contribution in [0.5, 0.6) is 0 Å². The van der Waals surface area contributed by atoms with E-state index in [4.69, 9.17) is 11.6 Å². The molecule has 2 heterocycles. The topological polar surface area (TPSA) is 104 Å². The molecule has 1 N–H and O–H groups in total. The molecule has 1 saturated heterocycles. The number of hydrogen-bond donors (Lipinski definition) is 1. The fourth-order valence-electron chi connectivity index (χ4n) is 4.13. The lowest BCUT2D eigenvalue weighted by molar-refractivity contribution is -0.130. The number of benzene rings is 2. The number of carbonyl (C=O) groups is 3. The summed E-state index contributed by atoms with van der Waals surface area (Å²) in [5.74, 6) is -0.937. The molecule has 4 rings (SSSR count). The molecule has 10 heteroatoms. The van der Waals surface area contributed by atoms with Gasteiger partial charge in [-0.25, -0.2) is 13.2 Å². The average Bonchev–Trinajstić information content (AvgIpc) is 2.96. The number of anilines is 1. The summed E-state index contributed by atoms with van der Waals surface area (Å²) in [6.07, 6.45) is 2.43. The average molecular weight is 476 g/mol. The molecule has 2 aromatic rings. The first-order valence-electron chi connectivity index (χ1n) is 10.0. The van der Waals surface area contributed by atoms with Gasteiger partial charge in [-0.3, -0.25) is 18.8 Å². The summed E-state index contributed by atoms with van der Waals surface area (Å²) in [5.41, 5.74) is 0.884. The number of Topliss-reactive ketones (excluding diaryl/α,β-unsaturated/α-hetero) is 1. The predicted octanol–water partition coefficient (Wildman–Crippen LogP) is 2.70. The van der Waals surface area contributed by atoms with E-state index in [9.17, 15) is 22.8 Å². The van der Waals surface area contributed by atoms with Gasteiger partial charge >= 0.3 is 6.03 Å². The molecule has 3 amide bonds.